The fourth-order valence-electron chi connectivity index (χ4n) is 3.42. The van der Waals surface area contributed by atoms with Crippen molar-refractivity contribution in [2.75, 3.05) is 14.1 Å². The maximum absolute atomic E-state index is 7.49. The Balaban J connectivity index is 1.96. The van der Waals surface area contributed by atoms with E-state index in [0.717, 1.165) is 0 Å². The molecule has 3 nitrogen and oxygen atoms in total. The highest BCUT2D eigenvalue weighted by Gasteiger charge is 2.10. The van der Waals surface area contributed by atoms with E-state index in [4.69, 9.17) is 5.41 Å². The first-order valence-electron chi connectivity index (χ1n) is 8.06. The first-order chi connectivity index (χ1) is 11.7. The van der Waals surface area contributed by atoms with Crippen LogP contribution in [0.2, 0.25) is 0 Å². The Labute approximate surface area is 141 Å². The van der Waals surface area contributed by atoms with E-state index >= 15 is 0 Å². The van der Waals surface area contributed by atoms with Crippen LogP contribution in [-0.2, 0) is 6.54 Å². The molecule has 118 valence electrons. The monoisotopic (exact) mass is 313 g/mol. The Bertz CT molecular complexity index is 1060. The van der Waals surface area contributed by atoms with Gasteiger partial charge in [0.15, 0.2) is 0 Å². The lowest BCUT2D eigenvalue weighted by molar-refractivity contribution is 0.627. The molecule has 0 aliphatic carbocycles. The van der Waals surface area contributed by atoms with Gasteiger partial charge in [0.2, 0.25) is 0 Å². The summed E-state index contributed by atoms with van der Waals surface area (Å²) in [5, 5.41) is 15.2. The van der Waals surface area contributed by atoms with Crippen LogP contribution in [0, 0.1) is 5.41 Å². The molecule has 0 aliphatic rings. The summed E-state index contributed by atoms with van der Waals surface area (Å²) in [7, 11) is 3.82. The van der Waals surface area contributed by atoms with Crippen LogP contribution in [0.15, 0.2) is 59.6 Å². The van der Waals surface area contributed by atoms with Crippen LogP contribution < -0.4 is 0 Å². The lowest BCUT2D eigenvalue weighted by atomic mass is 9.92. The molecule has 0 atom stereocenters. The standard InChI is InChI=1S/C21H19N3/c1-24(2)19(12-22)23-13-17-9-8-16-7-6-14-4-3-5-15-10-11-18(17)21(16)20(14)15/h3-12,22H,13H2,1-2H3. The van der Waals surface area contributed by atoms with Crippen molar-refractivity contribution in [3.05, 3.63) is 60.2 Å². The minimum Gasteiger partial charge on any atom is -0.362 e. The van der Waals surface area contributed by atoms with Crippen LogP contribution in [0.25, 0.3) is 32.3 Å². The van der Waals surface area contributed by atoms with E-state index in [1.807, 2.05) is 19.0 Å². The van der Waals surface area contributed by atoms with Gasteiger partial charge in [-0.2, -0.15) is 0 Å². The molecule has 0 aromatic heterocycles. The lowest BCUT2D eigenvalue weighted by Gasteiger charge is -2.14. The van der Waals surface area contributed by atoms with Gasteiger partial charge < -0.3 is 10.3 Å². The quantitative estimate of drug-likeness (QED) is 0.332. The van der Waals surface area contributed by atoms with Crippen molar-refractivity contribution < 1.29 is 0 Å². The average molecular weight is 313 g/mol. The molecule has 0 bridgehead atoms. The molecule has 0 fully saturated rings. The number of aliphatic imine (C=N–C) groups is 1. The van der Waals surface area contributed by atoms with Gasteiger partial charge in [0.05, 0.1) is 12.8 Å². The summed E-state index contributed by atoms with van der Waals surface area (Å²) in [4.78, 5) is 6.46. The lowest BCUT2D eigenvalue weighted by Crippen LogP contribution is -2.23. The molecule has 1 N–H and O–H groups in total. The van der Waals surface area contributed by atoms with Gasteiger partial charge in [-0.3, -0.25) is 4.99 Å². The van der Waals surface area contributed by atoms with E-state index in [1.165, 1.54) is 44.1 Å². The molecular weight excluding hydrogens is 294 g/mol. The van der Waals surface area contributed by atoms with Gasteiger partial charge in [-0.1, -0.05) is 54.6 Å². The maximum Gasteiger partial charge on any atom is 0.141 e. The zero-order chi connectivity index (χ0) is 16.7. The molecule has 0 saturated carbocycles. The van der Waals surface area contributed by atoms with Crippen LogP contribution >= 0.6 is 0 Å². The van der Waals surface area contributed by atoms with Gasteiger partial charge in [-0.05, 0) is 37.9 Å². The Morgan fingerprint density at radius 1 is 0.917 bits per heavy atom. The van der Waals surface area contributed by atoms with Crippen molar-refractivity contribution in [1.82, 2.24) is 4.90 Å². The van der Waals surface area contributed by atoms with Gasteiger partial charge in [0.1, 0.15) is 5.84 Å². The molecule has 0 heterocycles. The van der Waals surface area contributed by atoms with E-state index < -0.39 is 0 Å². The van der Waals surface area contributed by atoms with Gasteiger partial charge in [0, 0.05) is 14.1 Å². The molecule has 0 saturated heterocycles. The number of nitrogens with zero attached hydrogens (tertiary/aromatic N) is 2. The van der Waals surface area contributed by atoms with Crippen LogP contribution in [0.5, 0.6) is 0 Å². The van der Waals surface area contributed by atoms with Crippen molar-refractivity contribution in [2.45, 2.75) is 6.54 Å². The summed E-state index contributed by atoms with van der Waals surface area (Å²) in [6, 6.07) is 19.6. The van der Waals surface area contributed by atoms with Crippen molar-refractivity contribution in [3.63, 3.8) is 0 Å². The molecule has 0 radical (unpaired) electrons. The topological polar surface area (TPSA) is 39.5 Å². The van der Waals surface area contributed by atoms with E-state index in [9.17, 15) is 0 Å². The number of rotatable bonds is 3. The van der Waals surface area contributed by atoms with E-state index in [2.05, 4.69) is 59.6 Å². The fraction of sp³-hybridized carbons (Fsp3) is 0.143. The third kappa shape index (κ3) is 2.21. The number of hydrogen-bond donors (Lipinski definition) is 1. The number of benzene rings is 4. The normalized spacial score (nSPS) is 12.3. The van der Waals surface area contributed by atoms with E-state index in [-0.39, 0.29) is 0 Å². The third-order valence-electron chi connectivity index (χ3n) is 4.62. The smallest absolute Gasteiger partial charge is 0.141 e. The Kier molecular flexibility index (Phi) is 3.42. The minimum absolute atomic E-state index is 0.580. The Morgan fingerprint density at radius 3 is 2.21 bits per heavy atom. The largest absolute Gasteiger partial charge is 0.362 e. The third-order valence-corrected chi connectivity index (χ3v) is 4.62. The van der Waals surface area contributed by atoms with Crippen LogP contribution in [0.3, 0.4) is 0 Å². The number of hydrogen-bond acceptors (Lipinski definition) is 2. The predicted octanol–water partition coefficient (Wildman–Crippen LogP) is 4.69. The average Bonchev–Trinajstić information content (AvgIpc) is 2.60. The highest BCUT2D eigenvalue weighted by atomic mass is 15.1. The SMILES string of the molecule is CN(C)C(C=N)=NCc1ccc2ccc3cccc4ccc1c2c34. The fourth-order valence-corrected chi connectivity index (χ4v) is 3.42. The summed E-state index contributed by atoms with van der Waals surface area (Å²) in [6.07, 6.45) is 1.30. The molecule has 4 aromatic rings. The Hall–Kier alpha value is -2.94. The van der Waals surface area contributed by atoms with Crippen molar-refractivity contribution in [3.8, 4) is 0 Å². The summed E-state index contributed by atoms with van der Waals surface area (Å²) in [5.74, 6) is 0.681. The van der Waals surface area contributed by atoms with E-state index in [1.54, 1.807) is 0 Å². The molecular formula is C21H19N3. The van der Waals surface area contributed by atoms with Crippen LogP contribution in [-0.4, -0.2) is 31.0 Å². The zero-order valence-electron chi connectivity index (χ0n) is 13.9. The molecule has 4 aromatic carbocycles. The highest BCUT2D eigenvalue weighted by molar-refractivity contribution is 6.28. The maximum atomic E-state index is 7.49. The molecule has 0 spiro atoms. The molecule has 0 unspecified atom stereocenters. The molecule has 24 heavy (non-hydrogen) atoms. The minimum atomic E-state index is 0.580. The van der Waals surface area contributed by atoms with Gasteiger partial charge in [-0.25, -0.2) is 0 Å². The highest BCUT2D eigenvalue weighted by Crippen LogP contribution is 2.36. The second-order valence-electron chi connectivity index (χ2n) is 6.29. The van der Waals surface area contributed by atoms with Crippen molar-refractivity contribution in [2.24, 2.45) is 4.99 Å². The molecule has 0 amide bonds. The number of amidine groups is 1. The number of nitrogens with one attached hydrogen (secondary N) is 1. The Morgan fingerprint density at radius 2 is 1.54 bits per heavy atom. The first-order valence-corrected chi connectivity index (χ1v) is 8.06. The van der Waals surface area contributed by atoms with Gasteiger partial charge in [-0.15, -0.1) is 0 Å². The first kappa shape index (κ1) is 14.6. The van der Waals surface area contributed by atoms with Gasteiger partial charge >= 0.3 is 0 Å². The zero-order valence-corrected chi connectivity index (χ0v) is 13.9. The summed E-state index contributed by atoms with van der Waals surface area (Å²) in [6.45, 7) is 0.580. The molecule has 0 aliphatic heterocycles. The summed E-state index contributed by atoms with van der Waals surface area (Å²) in [5.41, 5.74) is 1.20. The molecule has 3 heteroatoms. The molecule has 4 rings (SSSR count). The van der Waals surface area contributed by atoms with Crippen molar-refractivity contribution in [1.29, 1.82) is 5.41 Å². The van der Waals surface area contributed by atoms with Crippen LogP contribution in [0.1, 0.15) is 5.56 Å². The van der Waals surface area contributed by atoms with Crippen molar-refractivity contribution >= 4 is 44.4 Å². The van der Waals surface area contributed by atoms with E-state index in [0.29, 0.717) is 12.4 Å². The predicted molar refractivity (Wildman–Crippen MR) is 104 cm³/mol. The van der Waals surface area contributed by atoms with Gasteiger partial charge in [0.25, 0.3) is 0 Å². The van der Waals surface area contributed by atoms with Crippen LogP contribution in [0.4, 0.5) is 0 Å². The summed E-state index contributed by atoms with van der Waals surface area (Å²) >= 11 is 0. The summed E-state index contributed by atoms with van der Waals surface area (Å²) < 4.78 is 0. The second kappa shape index (κ2) is 5.60. The second-order valence-corrected chi connectivity index (χ2v) is 6.29.